The summed E-state index contributed by atoms with van der Waals surface area (Å²) in [5, 5.41) is 10.9. The summed E-state index contributed by atoms with van der Waals surface area (Å²) in [4.78, 5) is 12.7. The first kappa shape index (κ1) is 14.7. The minimum atomic E-state index is -0.422. The molecule has 2 rings (SSSR count). The lowest BCUT2D eigenvalue weighted by molar-refractivity contribution is -0.385. The van der Waals surface area contributed by atoms with Crippen LogP contribution in [0.25, 0.3) is 0 Å². The van der Waals surface area contributed by atoms with E-state index >= 15 is 0 Å². The Hall–Kier alpha value is -1.66. The van der Waals surface area contributed by atoms with Gasteiger partial charge in [-0.3, -0.25) is 15.0 Å². The number of hydrogen-bond acceptors (Lipinski definition) is 5. The van der Waals surface area contributed by atoms with E-state index in [1.807, 2.05) is 13.8 Å². The lowest BCUT2D eigenvalue weighted by Gasteiger charge is -2.35. The van der Waals surface area contributed by atoms with Crippen LogP contribution in [0.3, 0.4) is 0 Å². The largest absolute Gasteiger partial charge is 0.485 e. The summed E-state index contributed by atoms with van der Waals surface area (Å²) in [6, 6.07) is 6.45. The highest BCUT2D eigenvalue weighted by Crippen LogP contribution is 2.25. The molecule has 0 unspecified atom stereocenters. The fraction of sp³-hybridized carbons (Fsp3) is 0.571. The zero-order valence-corrected chi connectivity index (χ0v) is 11.8. The molecule has 110 valence electrons. The van der Waals surface area contributed by atoms with E-state index in [1.165, 1.54) is 6.07 Å². The number of rotatable bonds is 5. The zero-order chi connectivity index (χ0) is 14.5. The molecule has 2 atom stereocenters. The second-order valence-electron chi connectivity index (χ2n) is 5.09. The Morgan fingerprint density at radius 2 is 2.00 bits per heavy atom. The van der Waals surface area contributed by atoms with E-state index < -0.39 is 4.92 Å². The molecule has 1 heterocycles. The molecule has 0 saturated carbocycles. The summed E-state index contributed by atoms with van der Waals surface area (Å²) < 4.78 is 11.2. The first-order valence-corrected chi connectivity index (χ1v) is 6.80. The van der Waals surface area contributed by atoms with Gasteiger partial charge in [0, 0.05) is 25.7 Å². The Labute approximate surface area is 118 Å². The predicted molar refractivity (Wildman–Crippen MR) is 75.0 cm³/mol. The van der Waals surface area contributed by atoms with Crippen molar-refractivity contribution in [3.05, 3.63) is 34.4 Å². The van der Waals surface area contributed by atoms with Gasteiger partial charge in [0.25, 0.3) is 0 Å². The molecule has 0 radical (unpaired) electrons. The topological polar surface area (TPSA) is 64.8 Å². The van der Waals surface area contributed by atoms with E-state index in [9.17, 15) is 10.1 Å². The average molecular weight is 280 g/mol. The molecule has 0 aliphatic carbocycles. The smallest absolute Gasteiger partial charge is 0.310 e. The van der Waals surface area contributed by atoms with Crippen molar-refractivity contribution in [2.75, 3.05) is 26.2 Å². The SMILES string of the molecule is C[C@H]1CN(CCOc2ccccc2[N+](=O)[O-])C[C@H](C)O1. The number of morpholine rings is 1. The van der Waals surface area contributed by atoms with E-state index in [0.717, 1.165) is 19.6 Å². The molecule has 20 heavy (non-hydrogen) atoms. The van der Waals surface area contributed by atoms with Crippen LogP contribution < -0.4 is 4.74 Å². The molecule has 1 aliphatic rings. The van der Waals surface area contributed by atoms with E-state index in [0.29, 0.717) is 12.4 Å². The van der Waals surface area contributed by atoms with E-state index in [4.69, 9.17) is 9.47 Å². The Bertz CT molecular complexity index is 456. The maximum absolute atomic E-state index is 10.9. The van der Waals surface area contributed by atoms with Crippen LogP contribution in [0.1, 0.15) is 13.8 Å². The Morgan fingerprint density at radius 3 is 2.65 bits per heavy atom. The second-order valence-corrected chi connectivity index (χ2v) is 5.09. The fourth-order valence-electron chi connectivity index (χ4n) is 2.48. The maximum Gasteiger partial charge on any atom is 0.310 e. The van der Waals surface area contributed by atoms with E-state index in [2.05, 4.69) is 4.90 Å². The number of ether oxygens (including phenoxy) is 2. The highest BCUT2D eigenvalue weighted by atomic mass is 16.6. The molecule has 1 aromatic rings. The third-order valence-electron chi connectivity index (χ3n) is 3.22. The first-order valence-electron chi connectivity index (χ1n) is 6.80. The zero-order valence-electron chi connectivity index (χ0n) is 11.8. The molecule has 0 aromatic heterocycles. The van der Waals surface area contributed by atoms with Crippen molar-refractivity contribution in [2.24, 2.45) is 0 Å². The second kappa shape index (κ2) is 6.67. The number of hydrogen-bond donors (Lipinski definition) is 0. The molecular formula is C14H20N2O4. The summed E-state index contributed by atoms with van der Waals surface area (Å²) in [7, 11) is 0. The highest BCUT2D eigenvalue weighted by Gasteiger charge is 2.22. The van der Waals surface area contributed by atoms with Crippen molar-refractivity contribution in [1.82, 2.24) is 4.90 Å². The molecule has 6 heteroatoms. The van der Waals surface area contributed by atoms with Crippen molar-refractivity contribution < 1.29 is 14.4 Å². The predicted octanol–water partition coefficient (Wildman–Crippen LogP) is 2.08. The van der Waals surface area contributed by atoms with Gasteiger partial charge >= 0.3 is 5.69 Å². The molecule has 0 bridgehead atoms. The molecule has 0 amide bonds. The van der Waals surface area contributed by atoms with Crippen LogP contribution in [0, 0.1) is 10.1 Å². The van der Waals surface area contributed by atoms with Crippen molar-refractivity contribution in [2.45, 2.75) is 26.1 Å². The number of benzene rings is 1. The van der Waals surface area contributed by atoms with Gasteiger partial charge in [-0.2, -0.15) is 0 Å². The van der Waals surface area contributed by atoms with Gasteiger partial charge in [-0.15, -0.1) is 0 Å². The van der Waals surface area contributed by atoms with Crippen LogP contribution in [-0.4, -0.2) is 48.3 Å². The number of nitro groups is 1. The average Bonchev–Trinajstić information content (AvgIpc) is 2.38. The summed E-state index contributed by atoms with van der Waals surface area (Å²) >= 11 is 0. The van der Waals surface area contributed by atoms with Gasteiger partial charge in [0.2, 0.25) is 0 Å². The van der Waals surface area contributed by atoms with Crippen molar-refractivity contribution in [3.8, 4) is 5.75 Å². The van der Waals surface area contributed by atoms with Gasteiger partial charge in [0.1, 0.15) is 6.61 Å². The molecule has 0 N–H and O–H groups in total. The Kier molecular flexibility index (Phi) is 4.92. The lowest BCUT2D eigenvalue weighted by atomic mass is 10.2. The molecule has 1 aromatic carbocycles. The van der Waals surface area contributed by atoms with Gasteiger partial charge in [-0.1, -0.05) is 12.1 Å². The minimum Gasteiger partial charge on any atom is -0.485 e. The van der Waals surface area contributed by atoms with Gasteiger partial charge in [0.15, 0.2) is 5.75 Å². The minimum absolute atomic E-state index is 0.0104. The van der Waals surface area contributed by atoms with Crippen LogP contribution in [0.2, 0.25) is 0 Å². The molecule has 1 aliphatic heterocycles. The van der Waals surface area contributed by atoms with E-state index in [-0.39, 0.29) is 17.9 Å². The quantitative estimate of drug-likeness (QED) is 0.610. The molecule has 0 spiro atoms. The normalized spacial score (nSPS) is 23.5. The Balaban J connectivity index is 1.85. The summed E-state index contributed by atoms with van der Waals surface area (Å²) in [5.41, 5.74) is 0.0104. The van der Waals surface area contributed by atoms with Crippen molar-refractivity contribution in [3.63, 3.8) is 0 Å². The first-order chi connectivity index (χ1) is 9.56. The van der Waals surface area contributed by atoms with Gasteiger partial charge in [-0.25, -0.2) is 0 Å². The molecule has 1 saturated heterocycles. The fourth-order valence-corrected chi connectivity index (χ4v) is 2.48. The molecular weight excluding hydrogens is 260 g/mol. The standard InChI is InChI=1S/C14H20N2O4/c1-11-9-15(10-12(2)20-11)7-8-19-14-6-4-3-5-13(14)16(17)18/h3-6,11-12H,7-10H2,1-2H3/t11-,12-/m0/s1. The van der Waals surface area contributed by atoms with Crippen molar-refractivity contribution in [1.29, 1.82) is 0 Å². The van der Waals surface area contributed by atoms with Crippen LogP contribution in [-0.2, 0) is 4.74 Å². The molecule has 1 fully saturated rings. The monoisotopic (exact) mass is 280 g/mol. The summed E-state index contributed by atoms with van der Waals surface area (Å²) in [6.07, 6.45) is 0.426. The third-order valence-corrected chi connectivity index (χ3v) is 3.22. The van der Waals surface area contributed by atoms with Gasteiger partial charge < -0.3 is 9.47 Å². The van der Waals surface area contributed by atoms with Crippen LogP contribution in [0.5, 0.6) is 5.75 Å². The summed E-state index contributed by atoms with van der Waals surface area (Å²) in [6.45, 7) is 7.00. The van der Waals surface area contributed by atoms with Crippen LogP contribution in [0.15, 0.2) is 24.3 Å². The van der Waals surface area contributed by atoms with Crippen LogP contribution in [0.4, 0.5) is 5.69 Å². The van der Waals surface area contributed by atoms with Gasteiger partial charge in [0.05, 0.1) is 17.1 Å². The Morgan fingerprint density at radius 1 is 1.35 bits per heavy atom. The summed E-state index contributed by atoms with van der Waals surface area (Å²) in [5.74, 6) is 0.326. The lowest BCUT2D eigenvalue weighted by Crippen LogP contribution is -2.46. The molecule has 6 nitrogen and oxygen atoms in total. The van der Waals surface area contributed by atoms with Gasteiger partial charge in [-0.05, 0) is 19.9 Å². The number of nitrogens with zero attached hydrogens (tertiary/aromatic N) is 2. The highest BCUT2D eigenvalue weighted by molar-refractivity contribution is 5.45. The maximum atomic E-state index is 10.9. The number of para-hydroxylation sites is 2. The van der Waals surface area contributed by atoms with E-state index in [1.54, 1.807) is 18.2 Å². The van der Waals surface area contributed by atoms with Crippen molar-refractivity contribution >= 4 is 5.69 Å². The number of nitro benzene ring substituents is 1. The van der Waals surface area contributed by atoms with Crippen LogP contribution >= 0.6 is 0 Å². The third kappa shape index (κ3) is 3.91.